The second-order valence-corrected chi connectivity index (χ2v) is 6.51. The van der Waals surface area contributed by atoms with E-state index in [1.54, 1.807) is 17.5 Å². The van der Waals surface area contributed by atoms with E-state index in [1.807, 2.05) is 46.3 Å². The van der Waals surface area contributed by atoms with E-state index in [-0.39, 0.29) is 0 Å². The molecular weight excluding hydrogens is 336 g/mol. The molecule has 0 spiro atoms. The first kappa shape index (κ1) is 14.3. The van der Waals surface area contributed by atoms with E-state index < -0.39 is 0 Å². The third-order valence-corrected chi connectivity index (χ3v) is 4.84. The average molecular weight is 350 g/mol. The molecule has 0 atom stereocenters. The zero-order valence-electron chi connectivity index (χ0n) is 13.2. The maximum absolute atomic E-state index is 5.68. The lowest BCUT2D eigenvalue weighted by atomic mass is 10.2. The molecule has 25 heavy (non-hydrogen) atoms. The largest absolute Gasteiger partial charge is 0.486 e. The number of nitrogens with one attached hydrogen (secondary N) is 1. The minimum atomic E-state index is 0.566. The van der Waals surface area contributed by atoms with Gasteiger partial charge in [-0.15, -0.1) is 11.3 Å². The molecule has 5 rings (SSSR count). The predicted molar refractivity (Wildman–Crippen MR) is 97.0 cm³/mol. The number of imidazole rings is 1. The average Bonchev–Trinajstić information content (AvgIpc) is 3.30. The van der Waals surface area contributed by atoms with E-state index in [0.29, 0.717) is 19.0 Å². The summed E-state index contributed by atoms with van der Waals surface area (Å²) in [6.07, 6.45) is 3.70. The van der Waals surface area contributed by atoms with Crippen LogP contribution in [-0.4, -0.2) is 27.6 Å². The van der Waals surface area contributed by atoms with Gasteiger partial charge in [0, 0.05) is 24.1 Å². The van der Waals surface area contributed by atoms with Crippen molar-refractivity contribution in [2.45, 2.75) is 0 Å². The maximum atomic E-state index is 5.68. The summed E-state index contributed by atoms with van der Waals surface area (Å²) in [5, 5.41) is 5.51. The SMILES string of the molecule is c1csc(-c2nc3ncccn3c2Nc2ccc3c(c2)OCCO3)c1. The van der Waals surface area contributed by atoms with Gasteiger partial charge < -0.3 is 14.8 Å². The van der Waals surface area contributed by atoms with Crippen molar-refractivity contribution in [1.29, 1.82) is 0 Å². The number of aromatic nitrogens is 3. The molecule has 1 aromatic carbocycles. The first-order valence-corrected chi connectivity index (χ1v) is 8.80. The summed E-state index contributed by atoms with van der Waals surface area (Å²) in [4.78, 5) is 10.1. The standard InChI is InChI=1S/C18H14N4O2S/c1-3-15(25-10-1)16-17(22-7-2-6-19-18(22)21-16)20-12-4-5-13-14(11-12)24-9-8-23-13/h1-7,10-11,20H,8-9H2. The molecule has 0 radical (unpaired) electrons. The first-order chi connectivity index (χ1) is 12.4. The summed E-state index contributed by atoms with van der Waals surface area (Å²) in [5.41, 5.74) is 1.79. The Balaban J connectivity index is 1.61. The third kappa shape index (κ3) is 2.49. The van der Waals surface area contributed by atoms with Crippen LogP contribution < -0.4 is 14.8 Å². The highest BCUT2D eigenvalue weighted by molar-refractivity contribution is 7.13. The topological polar surface area (TPSA) is 60.7 Å². The Labute approximate surface area is 147 Å². The fourth-order valence-corrected chi connectivity index (χ4v) is 3.56. The lowest BCUT2D eigenvalue weighted by Crippen LogP contribution is -2.15. The summed E-state index contributed by atoms with van der Waals surface area (Å²) in [5.74, 6) is 3.06. The van der Waals surface area contributed by atoms with Gasteiger partial charge in [-0.3, -0.25) is 4.40 Å². The summed E-state index contributed by atoms with van der Waals surface area (Å²) < 4.78 is 13.2. The molecule has 1 N–H and O–H groups in total. The molecule has 0 saturated carbocycles. The molecule has 4 heterocycles. The molecule has 1 aliphatic rings. The zero-order valence-corrected chi connectivity index (χ0v) is 14.0. The van der Waals surface area contributed by atoms with Crippen LogP contribution >= 0.6 is 11.3 Å². The maximum Gasteiger partial charge on any atom is 0.236 e. The zero-order chi connectivity index (χ0) is 16.6. The van der Waals surface area contributed by atoms with Gasteiger partial charge in [0.1, 0.15) is 24.7 Å². The van der Waals surface area contributed by atoms with Gasteiger partial charge in [0.25, 0.3) is 0 Å². The van der Waals surface area contributed by atoms with Crippen molar-refractivity contribution in [2.75, 3.05) is 18.5 Å². The van der Waals surface area contributed by atoms with Crippen LogP contribution in [0, 0.1) is 0 Å². The van der Waals surface area contributed by atoms with Crippen molar-refractivity contribution < 1.29 is 9.47 Å². The number of fused-ring (bicyclic) bond motifs is 2. The Kier molecular flexibility index (Phi) is 3.31. The monoisotopic (exact) mass is 350 g/mol. The van der Waals surface area contributed by atoms with E-state index in [1.165, 1.54) is 0 Å². The quantitative estimate of drug-likeness (QED) is 0.606. The van der Waals surface area contributed by atoms with Crippen molar-refractivity contribution >= 4 is 28.6 Å². The van der Waals surface area contributed by atoms with Crippen LogP contribution in [-0.2, 0) is 0 Å². The summed E-state index contributed by atoms with van der Waals surface area (Å²) in [6.45, 7) is 1.15. The molecule has 0 saturated heterocycles. The summed E-state index contributed by atoms with van der Waals surface area (Å²) in [6, 6.07) is 11.8. The van der Waals surface area contributed by atoms with E-state index in [9.17, 15) is 0 Å². The highest BCUT2D eigenvalue weighted by Gasteiger charge is 2.17. The number of nitrogens with zero attached hydrogens (tertiary/aromatic N) is 3. The lowest BCUT2D eigenvalue weighted by molar-refractivity contribution is 0.171. The van der Waals surface area contributed by atoms with E-state index >= 15 is 0 Å². The fourth-order valence-electron chi connectivity index (χ4n) is 2.85. The molecule has 1 aliphatic heterocycles. The van der Waals surface area contributed by atoms with Gasteiger partial charge in [0.05, 0.1) is 4.88 Å². The Morgan fingerprint density at radius 3 is 2.88 bits per heavy atom. The van der Waals surface area contributed by atoms with Crippen molar-refractivity contribution in [3.63, 3.8) is 0 Å². The number of thiophene rings is 1. The minimum Gasteiger partial charge on any atom is -0.486 e. The number of rotatable bonds is 3. The van der Waals surface area contributed by atoms with Gasteiger partial charge in [-0.05, 0) is 29.6 Å². The smallest absolute Gasteiger partial charge is 0.236 e. The highest BCUT2D eigenvalue weighted by Crippen LogP contribution is 2.36. The fraction of sp³-hybridized carbons (Fsp3) is 0.111. The molecule has 0 fully saturated rings. The molecule has 124 valence electrons. The minimum absolute atomic E-state index is 0.566. The van der Waals surface area contributed by atoms with Gasteiger partial charge in [-0.1, -0.05) is 6.07 Å². The van der Waals surface area contributed by atoms with Gasteiger partial charge in [0.15, 0.2) is 11.5 Å². The third-order valence-electron chi connectivity index (χ3n) is 3.96. The second-order valence-electron chi connectivity index (χ2n) is 5.56. The Morgan fingerprint density at radius 1 is 1.08 bits per heavy atom. The second kappa shape index (κ2) is 5.78. The van der Waals surface area contributed by atoms with Crippen molar-refractivity contribution in [2.24, 2.45) is 0 Å². The van der Waals surface area contributed by atoms with Crippen molar-refractivity contribution in [1.82, 2.24) is 14.4 Å². The molecule has 6 nitrogen and oxygen atoms in total. The molecule has 3 aromatic heterocycles. The van der Waals surface area contributed by atoms with Gasteiger partial charge in [0.2, 0.25) is 5.78 Å². The van der Waals surface area contributed by atoms with Gasteiger partial charge >= 0.3 is 0 Å². The van der Waals surface area contributed by atoms with Crippen LogP contribution in [0.25, 0.3) is 16.3 Å². The van der Waals surface area contributed by atoms with Crippen LogP contribution in [0.15, 0.2) is 54.2 Å². The Hall–Kier alpha value is -3.06. The Morgan fingerprint density at radius 2 is 2.00 bits per heavy atom. The molecule has 7 heteroatoms. The van der Waals surface area contributed by atoms with Crippen LogP contribution in [0.1, 0.15) is 0 Å². The molecular formula is C18H14N4O2S. The summed E-state index contributed by atoms with van der Waals surface area (Å²) in [7, 11) is 0. The number of benzene rings is 1. The van der Waals surface area contributed by atoms with Gasteiger partial charge in [-0.25, -0.2) is 9.97 Å². The van der Waals surface area contributed by atoms with E-state index in [4.69, 9.17) is 9.47 Å². The predicted octanol–water partition coefficient (Wildman–Crippen LogP) is 3.97. The number of ether oxygens (including phenoxy) is 2. The number of hydrogen-bond acceptors (Lipinski definition) is 6. The highest BCUT2D eigenvalue weighted by atomic mass is 32.1. The summed E-state index contributed by atoms with van der Waals surface area (Å²) >= 11 is 1.65. The van der Waals surface area contributed by atoms with Crippen LogP contribution in [0.2, 0.25) is 0 Å². The molecule has 0 amide bonds. The van der Waals surface area contributed by atoms with E-state index in [2.05, 4.69) is 21.4 Å². The van der Waals surface area contributed by atoms with Crippen LogP contribution in [0.3, 0.4) is 0 Å². The molecule has 4 aromatic rings. The molecule has 0 bridgehead atoms. The number of anilines is 2. The number of hydrogen-bond donors (Lipinski definition) is 1. The van der Waals surface area contributed by atoms with Crippen molar-refractivity contribution in [3.8, 4) is 22.1 Å². The van der Waals surface area contributed by atoms with E-state index in [0.717, 1.165) is 33.6 Å². The van der Waals surface area contributed by atoms with Crippen LogP contribution in [0.4, 0.5) is 11.5 Å². The molecule has 0 unspecified atom stereocenters. The normalized spacial score (nSPS) is 13.1. The van der Waals surface area contributed by atoms with Gasteiger partial charge in [-0.2, -0.15) is 0 Å². The first-order valence-electron chi connectivity index (χ1n) is 7.92. The van der Waals surface area contributed by atoms with Crippen molar-refractivity contribution in [3.05, 3.63) is 54.2 Å². The van der Waals surface area contributed by atoms with Crippen LogP contribution in [0.5, 0.6) is 11.5 Å². The lowest BCUT2D eigenvalue weighted by Gasteiger charge is -2.19. The molecule has 0 aliphatic carbocycles. The Bertz CT molecular complexity index is 1040.